The summed E-state index contributed by atoms with van der Waals surface area (Å²) < 4.78 is 5.11. The lowest BCUT2D eigenvalue weighted by atomic mass is 10.0. The third-order valence-corrected chi connectivity index (χ3v) is 1.76. The summed E-state index contributed by atoms with van der Waals surface area (Å²) in [6, 6.07) is -0.0949. The number of nitrogens with two attached hydrogens (primary N) is 1. The van der Waals surface area contributed by atoms with Gasteiger partial charge in [-0.1, -0.05) is 0 Å². The molecule has 1 rings (SSSR count). The number of carbonyl (C=O) groups excluding carboxylic acids is 1. The Bertz CT molecular complexity index is 116. The minimum absolute atomic E-state index is 0.0419. The molecule has 0 radical (unpaired) electrons. The molecular formula is C6H11NO2. The van der Waals surface area contributed by atoms with Gasteiger partial charge in [0.05, 0.1) is 18.6 Å². The van der Waals surface area contributed by atoms with Crippen molar-refractivity contribution < 1.29 is 9.53 Å². The van der Waals surface area contributed by atoms with Crippen LogP contribution in [0.25, 0.3) is 0 Å². The largest absolute Gasteiger partial charge is 0.376 e. The maximum Gasteiger partial charge on any atom is 0.127 e. The highest BCUT2D eigenvalue weighted by Gasteiger charge is 2.30. The second kappa shape index (κ2) is 2.45. The van der Waals surface area contributed by atoms with Gasteiger partial charge in [-0.05, 0) is 6.92 Å². The van der Waals surface area contributed by atoms with Gasteiger partial charge in [0, 0.05) is 6.04 Å². The summed E-state index contributed by atoms with van der Waals surface area (Å²) in [7, 11) is 0. The lowest BCUT2D eigenvalue weighted by Crippen LogP contribution is -2.34. The van der Waals surface area contributed by atoms with Gasteiger partial charge in [-0.15, -0.1) is 0 Å². The molecule has 0 saturated carbocycles. The molecule has 3 unspecified atom stereocenters. The Labute approximate surface area is 54.2 Å². The van der Waals surface area contributed by atoms with E-state index in [0.29, 0.717) is 6.61 Å². The number of hydrogen-bond donors (Lipinski definition) is 1. The minimum Gasteiger partial charge on any atom is -0.376 e. The van der Waals surface area contributed by atoms with Crippen LogP contribution in [0.15, 0.2) is 0 Å². The van der Waals surface area contributed by atoms with Gasteiger partial charge in [-0.3, -0.25) is 0 Å². The van der Waals surface area contributed by atoms with Gasteiger partial charge in [0.1, 0.15) is 6.29 Å². The van der Waals surface area contributed by atoms with Gasteiger partial charge < -0.3 is 15.3 Å². The SMILES string of the molecule is CC1OCC(C=O)C1N. The van der Waals surface area contributed by atoms with Crippen molar-refractivity contribution in [2.24, 2.45) is 11.7 Å². The minimum atomic E-state index is -0.0949. The van der Waals surface area contributed by atoms with E-state index in [0.717, 1.165) is 6.29 Å². The summed E-state index contributed by atoms with van der Waals surface area (Å²) in [6.45, 7) is 2.38. The number of rotatable bonds is 1. The van der Waals surface area contributed by atoms with Crippen LogP contribution in [0, 0.1) is 5.92 Å². The number of aldehydes is 1. The van der Waals surface area contributed by atoms with E-state index in [1.807, 2.05) is 6.92 Å². The Balaban J connectivity index is 2.50. The molecule has 2 N–H and O–H groups in total. The average Bonchev–Trinajstić information content (AvgIpc) is 2.15. The number of ether oxygens (including phenoxy) is 1. The molecule has 1 saturated heterocycles. The fourth-order valence-corrected chi connectivity index (χ4v) is 0.963. The molecule has 0 aromatic rings. The molecule has 0 spiro atoms. The van der Waals surface area contributed by atoms with Crippen molar-refractivity contribution in [1.29, 1.82) is 0 Å². The summed E-state index contributed by atoms with van der Waals surface area (Å²) in [5.41, 5.74) is 5.58. The predicted octanol–water partition coefficient (Wildman–Crippen LogP) is -0.453. The molecule has 3 heteroatoms. The van der Waals surface area contributed by atoms with E-state index >= 15 is 0 Å². The molecule has 3 atom stereocenters. The van der Waals surface area contributed by atoms with Gasteiger partial charge in [0.2, 0.25) is 0 Å². The molecule has 3 nitrogen and oxygen atoms in total. The molecule has 52 valence electrons. The van der Waals surface area contributed by atoms with E-state index in [4.69, 9.17) is 10.5 Å². The van der Waals surface area contributed by atoms with Gasteiger partial charge in [-0.2, -0.15) is 0 Å². The maximum absolute atomic E-state index is 10.2. The molecule has 0 aromatic heterocycles. The van der Waals surface area contributed by atoms with E-state index in [2.05, 4.69) is 0 Å². The van der Waals surface area contributed by atoms with Crippen molar-refractivity contribution >= 4 is 6.29 Å². The van der Waals surface area contributed by atoms with E-state index in [1.54, 1.807) is 0 Å². The Hall–Kier alpha value is -0.410. The van der Waals surface area contributed by atoms with Crippen molar-refractivity contribution in [3.05, 3.63) is 0 Å². The smallest absolute Gasteiger partial charge is 0.127 e. The first-order valence-electron chi connectivity index (χ1n) is 3.08. The van der Waals surface area contributed by atoms with Gasteiger partial charge >= 0.3 is 0 Å². The second-order valence-corrected chi connectivity index (χ2v) is 2.42. The molecule has 0 bridgehead atoms. The van der Waals surface area contributed by atoms with E-state index in [1.165, 1.54) is 0 Å². The molecule has 1 heterocycles. The summed E-state index contributed by atoms with van der Waals surface area (Å²) in [5.74, 6) is -0.0833. The average molecular weight is 129 g/mol. The second-order valence-electron chi connectivity index (χ2n) is 2.42. The number of carbonyl (C=O) groups is 1. The first-order valence-corrected chi connectivity index (χ1v) is 3.08. The summed E-state index contributed by atoms with van der Waals surface area (Å²) in [6.07, 6.45) is 0.911. The lowest BCUT2D eigenvalue weighted by molar-refractivity contribution is -0.111. The summed E-state index contributed by atoms with van der Waals surface area (Å²) >= 11 is 0. The molecule has 1 aliphatic heterocycles. The first kappa shape index (κ1) is 6.71. The Kier molecular flexibility index (Phi) is 1.83. The topological polar surface area (TPSA) is 52.3 Å². The van der Waals surface area contributed by atoms with Crippen LogP contribution in [0.5, 0.6) is 0 Å². The fraction of sp³-hybridized carbons (Fsp3) is 0.833. The van der Waals surface area contributed by atoms with Gasteiger partial charge in [-0.25, -0.2) is 0 Å². The Morgan fingerprint density at radius 1 is 1.78 bits per heavy atom. The van der Waals surface area contributed by atoms with Gasteiger partial charge in [0.25, 0.3) is 0 Å². The van der Waals surface area contributed by atoms with Gasteiger partial charge in [0.15, 0.2) is 0 Å². The van der Waals surface area contributed by atoms with Crippen LogP contribution in [0.4, 0.5) is 0 Å². The van der Waals surface area contributed by atoms with Crippen molar-refractivity contribution in [3.8, 4) is 0 Å². The van der Waals surface area contributed by atoms with Crippen LogP contribution >= 0.6 is 0 Å². The highest BCUT2D eigenvalue weighted by Crippen LogP contribution is 2.15. The zero-order chi connectivity index (χ0) is 6.85. The zero-order valence-corrected chi connectivity index (χ0v) is 5.41. The molecule has 0 aromatic carbocycles. The zero-order valence-electron chi connectivity index (χ0n) is 5.41. The molecular weight excluding hydrogens is 118 g/mol. The third-order valence-electron chi connectivity index (χ3n) is 1.76. The number of hydrogen-bond acceptors (Lipinski definition) is 3. The lowest BCUT2D eigenvalue weighted by Gasteiger charge is -2.08. The highest BCUT2D eigenvalue weighted by atomic mass is 16.5. The van der Waals surface area contributed by atoms with Crippen LogP contribution < -0.4 is 5.73 Å². The van der Waals surface area contributed by atoms with Crippen molar-refractivity contribution in [3.63, 3.8) is 0 Å². The molecule has 0 amide bonds. The van der Waals surface area contributed by atoms with Crippen LogP contribution in [0.2, 0.25) is 0 Å². The van der Waals surface area contributed by atoms with Crippen LogP contribution in [-0.4, -0.2) is 25.0 Å². The Morgan fingerprint density at radius 2 is 2.44 bits per heavy atom. The monoisotopic (exact) mass is 129 g/mol. The summed E-state index contributed by atoms with van der Waals surface area (Å²) in [5, 5.41) is 0. The van der Waals surface area contributed by atoms with E-state index < -0.39 is 0 Å². The van der Waals surface area contributed by atoms with Crippen LogP contribution in [-0.2, 0) is 9.53 Å². The summed E-state index contributed by atoms with van der Waals surface area (Å²) in [4.78, 5) is 10.2. The predicted molar refractivity (Wildman–Crippen MR) is 32.9 cm³/mol. The normalized spacial score (nSPS) is 43.1. The molecule has 1 fully saturated rings. The van der Waals surface area contributed by atoms with E-state index in [9.17, 15) is 4.79 Å². The fourth-order valence-electron chi connectivity index (χ4n) is 0.963. The Morgan fingerprint density at radius 3 is 2.67 bits per heavy atom. The standard InChI is InChI=1S/C6H11NO2/c1-4-6(7)5(2-8)3-9-4/h2,4-6H,3,7H2,1H3. The quantitative estimate of drug-likeness (QED) is 0.488. The van der Waals surface area contributed by atoms with Crippen LogP contribution in [0.1, 0.15) is 6.92 Å². The maximum atomic E-state index is 10.2. The van der Waals surface area contributed by atoms with Crippen LogP contribution in [0.3, 0.4) is 0 Å². The van der Waals surface area contributed by atoms with Crippen molar-refractivity contribution in [2.75, 3.05) is 6.61 Å². The third kappa shape index (κ3) is 1.11. The highest BCUT2D eigenvalue weighted by molar-refractivity contribution is 5.55. The molecule has 1 aliphatic rings. The first-order chi connectivity index (χ1) is 4.25. The molecule has 9 heavy (non-hydrogen) atoms. The van der Waals surface area contributed by atoms with Crippen molar-refractivity contribution in [2.45, 2.75) is 19.1 Å². The molecule has 0 aliphatic carbocycles. The van der Waals surface area contributed by atoms with E-state index in [-0.39, 0.29) is 18.1 Å². The van der Waals surface area contributed by atoms with Crippen molar-refractivity contribution in [1.82, 2.24) is 0 Å².